The Kier molecular flexibility index (Phi) is 3.49. The Morgan fingerprint density at radius 2 is 1.90 bits per heavy atom. The molecule has 102 valence electrons. The summed E-state index contributed by atoms with van der Waals surface area (Å²) >= 11 is 3.40. The first-order chi connectivity index (χ1) is 9.65. The van der Waals surface area contributed by atoms with Crippen LogP contribution in [0.2, 0.25) is 0 Å². The highest BCUT2D eigenvalue weighted by Gasteiger charge is 2.25. The van der Waals surface area contributed by atoms with Gasteiger partial charge in [-0.25, -0.2) is 0 Å². The van der Waals surface area contributed by atoms with Crippen LogP contribution in [0, 0.1) is 0 Å². The fourth-order valence-corrected chi connectivity index (χ4v) is 2.78. The van der Waals surface area contributed by atoms with Crippen molar-refractivity contribution in [3.8, 4) is 5.75 Å². The number of carbonyl (C=O) groups is 1. The quantitative estimate of drug-likeness (QED) is 0.916. The van der Waals surface area contributed by atoms with Crippen molar-refractivity contribution in [3.63, 3.8) is 0 Å². The second-order valence-corrected chi connectivity index (χ2v) is 5.82. The summed E-state index contributed by atoms with van der Waals surface area (Å²) in [7, 11) is 0. The average Bonchev–Trinajstić information content (AvgIpc) is 2.45. The largest absolute Gasteiger partial charge is 0.508 e. The zero-order valence-corrected chi connectivity index (χ0v) is 12.4. The highest BCUT2D eigenvalue weighted by atomic mass is 79.9. The molecule has 20 heavy (non-hydrogen) atoms. The third-order valence-corrected chi connectivity index (χ3v) is 4.12. The number of amides is 1. The van der Waals surface area contributed by atoms with Crippen LogP contribution in [0.1, 0.15) is 21.5 Å². The van der Waals surface area contributed by atoms with Gasteiger partial charge in [0.2, 0.25) is 0 Å². The number of aromatic hydroxyl groups is 1. The number of hydrogen-bond acceptors (Lipinski definition) is 2. The maximum Gasteiger partial charge on any atom is 0.254 e. The molecular formula is C16H14BrNO2. The Labute approximate surface area is 126 Å². The number of nitrogens with zero attached hydrogens (tertiary/aromatic N) is 1. The van der Waals surface area contributed by atoms with Gasteiger partial charge in [0.05, 0.1) is 0 Å². The predicted octanol–water partition coefficient (Wildman–Crippen LogP) is 3.35. The highest BCUT2D eigenvalue weighted by molar-refractivity contribution is 9.10. The van der Waals surface area contributed by atoms with Crippen LogP contribution in [0.15, 0.2) is 46.9 Å². The van der Waals surface area contributed by atoms with Crippen molar-refractivity contribution in [2.24, 2.45) is 0 Å². The van der Waals surface area contributed by atoms with Crippen LogP contribution in [0.4, 0.5) is 0 Å². The minimum Gasteiger partial charge on any atom is -0.508 e. The molecule has 0 fully saturated rings. The fourth-order valence-electron chi connectivity index (χ4n) is 2.52. The molecule has 3 rings (SSSR count). The summed E-state index contributed by atoms with van der Waals surface area (Å²) in [4.78, 5) is 14.3. The molecule has 0 atom stereocenters. The Hall–Kier alpha value is -1.81. The highest BCUT2D eigenvalue weighted by Crippen LogP contribution is 2.27. The minimum absolute atomic E-state index is 0.00920. The lowest BCUT2D eigenvalue weighted by atomic mass is 9.97. The Morgan fingerprint density at radius 1 is 1.15 bits per heavy atom. The predicted molar refractivity (Wildman–Crippen MR) is 80.7 cm³/mol. The van der Waals surface area contributed by atoms with E-state index in [-0.39, 0.29) is 11.7 Å². The van der Waals surface area contributed by atoms with Crippen LogP contribution in [0.3, 0.4) is 0 Å². The molecule has 2 aromatic rings. The molecule has 0 aliphatic carbocycles. The maximum atomic E-state index is 12.4. The van der Waals surface area contributed by atoms with Crippen LogP contribution >= 0.6 is 15.9 Å². The molecule has 0 saturated carbocycles. The molecule has 0 aromatic heterocycles. The lowest BCUT2D eigenvalue weighted by molar-refractivity contribution is 0.0725. The fraction of sp³-hybridized carbons (Fsp3) is 0.188. The van der Waals surface area contributed by atoms with Crippen LogP contribution in [-0.4, -0.2) is 22.5 Å². The van der Waals surface area contributed by atoms with E-state index in [4.69, 9.17) is 0 Å². The first kappa shape index (κ1) is 13.2. The molecule has 1 amide bonds. The molecule has 0 spiro atoms. The third-order valence-electron chi connectivity index (χ3n) is 3.59. The number of benzene rings is 2. The molecule has 0 unspecified atom stereocenters. The topological polar surface area (TPSA) is 40.5 Å². The van der Waals surface area contributed by atoms with E-state index in [9.17, 15) is 9.90 Å². The van der Waals surface area contributed by atoms with Crippen LogP contribution in [-0.2, 0) is 13.0 Å². The summed E-state index contributed by atoms with van der Waals surface area (Å²) < 4.78 is 1.03. The summed E-state index contributed by atoms with van der Waals surface area (Å²) in [5.41, 5.74) is 2.49. The molecule has 0 bridgehead atoms. The van der Waals surface area contributed by atoms with Gasteiger partial charge in [0.25, 0.3) is 5.91 Å². The third kappa shape index (κ3) is 2.43. The van der Waals surface area contributed by atoms with Crippen molar-refractivity contribution in [1.82, 2.24) is 4.90 Å². The average molecular weight is 332 g/mol. The number of fused-ring (bicyclic) bond motifs is 1. The summed E-state index contributed by atoms with van der Waals surface area (Å²) in [5.74, 6) is 0.212. The van der Waals surface area contributed by atoms with E-state index in [0.29, 0.717) is 25.1 Å². The van der Waals surface area contributed by atoms with Crippen LogP contribution < -0.4 is 0 Å². The number of phenols is 1. The van der Waals surface area contributed by atoms with Gasteiger partial charge >= 0.3 is 0 Å². The Balaban J connectivity index is 1.84. The zero-order valence-electron chi connectivity index (χ0n) is 10.8. The van der Waals surface area contributed by atoms with Crippen molar-refractivity contribution in [2.75, 3.05) is 6.54 Å². The van der Waals surface area contributed by atoms with Gasteiger partial charge in [-0.1, -0.05) is 34.1 Å². The molecule has 1 aliphatic rings. The Bertz CT molecular complexity index is 652. The lowest BCUT2D eigenvalue weighted by Gasteiger charge is -2.29. The van der Waals surface area contributed by atoms with Gasteiger partial charge in [0, 0.05) is 28.7 Å². The van der Waals surface area contributed by atoms with Crippen molar-refractivity contribution < 1.29 is 9.90 Å². The summed E-state index contributed by atoms with van der Waals surface area (Å²) in [6, 6.07) is 13.1. The summed E-state index contributed by atoms with van der Waals surface area (Å²) in [6.07, 6.45) is 0.699. The van der Waals surface area contributed by atoms with Crippen molar-refractivity contribution in [1.29, 1.82) is 0 Å². The van der Waals surface area contributed by atoms with E-state index in [1.807, 2.05) is 29.2 Å². The number of carbonyl (C=O) groups excluding carboxylic acids is 1. The molecule has 3 nitrogen and oxygen atoms in total. The standard InChI is InChI=1S/C16H14BrNO2/c17-12-6-4-11(5-7-12)10-18-9-8-13-14(16(18)20)2-1-3-15(13)19/h1-7,19H,8-10H2. The van der Waals surface area contributed by atoms with Crippen molar-refractivity contribution in [3.05, 3.63) is 63.6 Å². The number of rotatable bonds is 2. The Morgan fingerprint density at radius 3 is 2.65 bits per heavy atom. The van der Waals surface area contributed by atoms with Crippen LogP contribution in [0.25, 0.3) is 0 Å². The molecular weight excluding hydrogens is 318 g/mol. The molecule has 1 heterocycles. The van der Waals surface area contributed by atoms with Gasteiger partial charge in [-0.3, -0.25) is 4.79 Å². The molecule has 1 aliphatic heterocycles. The van der Waals surface area contributed by atoms with E-state index in [1.165, 1.54) is 0 Å². The maximum absolute atomic E-state index is 12.4. The van der Waals surface area contributed by atoms with Gasteiger partial charge in [-0.15, -0.1) is 0 Å². The number of phenolic OH excluding ortho intramolecular Hbond substituents is 1. The van der Waals surface area contributed by atoms with E-state index in [1.54, 1.807) is 18.2 Å². The lowest BCUT2D eigenvalue weighted by Crippen LogP contribution is -2.37. The van der Waals surface area contributed by atoms with Gasteiger partial charge in [-0.05, 0) is 36.2 Å². The number of hydrogen-bond donors (Lipinski definition) is 1. The molecule has 2 aromatic carbocycles. The number of halogens is 1. The minimum atomic E-state index is -0.00920. The second-order valence-electron chi connectivity index (χ2n) is 4.91. The van der Waals surface area contributed by atoms with Gasteiger partial charge in [0.15, 0.2) is 0 Å². The van der Waals surface area contributed by atoms with Crippen molar-refractivity contribution in [2.45, 2.75) is 13.0 Å². The van der Waals surface area contributed by atoms with E-state index in [2.05, 4.69) is 15.9 Å². The molecule has 0 saturated heterocycles. The smallest absolute Gasteiger partial charge is 0.254 e. The van der Waals surface area contributed by atoms with E-state index < -0.39 is 0 Å². The first-order valence-corrected chi connectivity index (χ1v) is 7.29. The van der Waals surface area contributed by atoms with Crippen LogP contribution in [0.5, 0.6) is 5.75 Å². The van der Waals surface area contributed by atoms with E-state index >= 15 is 0 Å². The monoisotopic (exact) mass is 331 g/mol. The SMILES string of the molecule is O=C1c2cccc(O)c2CCN1Cc1ccc(Br)cc1. The molecule has 4 heteroatoms. The molecule has 0 radical (unpaired) electrons. The van der Waals surface area contributed by atoms with E-state index in [0.717, 1.165) is 15.6 Å². The van der Waals surface area contributed by atoms with Gasteiger partial charge in [-0.2, -0.15) is 0 Å². The van der Waals surface area contributed by atoms with Crippen molar-refractivity contribution >= 4 is 21.8 Å². The van der Waals surface area contributed by atoms with Gasteiger partial charge < -0.3 is 10.0 Å². The first-order valence-electron chi connectivity index (χ1n) is 6.50. The normalized spacial score (nSPS) is 14.2. The molecule has 1 N–H and O–H groups in total. The second kappa shape index (κ2) is 5.29. The zero-order chi connectivity index (χ0) is 14.1. The van der Waals surface area contributed by atoms with Gasteiger partial charge in [0.1, 0.15) is 5.75 Å². The summed E-state index contributed by atoms with van der Waals surface area (Å²) in [5, 5.41) is 9.80. The summed E-state index contributed by atoms with van der Waals surface area (Å²) in [6.45, 7) is 1.24.